The summed E-state index contributed by atoms with van der Waals surface area (Å²) in [6.45, 7) is 6.44. The van der Waals surface area contributed by atoms with E-state index in [0.717, 1.165) is 31.4 Å². The van der Waals surface area contributed by atoms with Crippen molar-refractivity contribution in [2.75, 3.05) is 13.2 Å². The van der Waals surface area contributed by atoms with Crippen molar-refractivity contribution in [1.82, 2.24) is 5.32 Å². The van der Waals surface area contributed by atoms with Crippen LogP contribution in [0, 0.1) is 11.8 Å². The molecule has 2 rings (SSSR count). The largest absolute Gasteiger partial charge is 0.496 e. The summed E-state index contributed by atoms with van der Waals surface area (Å²) in [7, 11) is 0. The number of likely N-dealkylation sites (N-methyl/N-ethyl adjacent to an activating group) is 1. The van der Waals surface area contributed by atoms with Gasteiger partial charge in [-0.15, -0.1) is 0 Å². The molecule has 1 fully saturated rings. The zero-order chi connectivity index (χ0) is 9.97. The van der Waals surface area contributed by atoms with Crippen LogP contribution in [-0.2, 0) is 4.74 Å². The summed E-state index contributed by atoms with van der Waals surface area (Å²) in [4.78, 5) is 0. The zero-order valence-corrected chi connectivity index (χ0v) is 9.25. The molecule has 1 N–H and O–H groups in total. The molecule has 1 aliphatic heterocycles. The van der Waals surface area contributed by atoms with Crippen LogP contribution in [0.4, 0.5) is 0 Å². The highest BCUT2D eigenvalue weighted by Crippen LogP contribution is 2.40. The molecule has 1 aliphatic carbocycles. The van der Waals surface area contributed by atoms with E-state index in [-0.39, 0.29) is 0 Å². The van der Waals surface area contributed by atoms with Gasteiger partial charge >= 0.3 is 0 Å². The van der Waals surface area contributed by atoms with Gasteiger partial charge in [0.05, 0.1) is 12.6 Å². The van der Waals surface area contributed by atoms with Gasteiger partial charge in [-0.1, -0.05) is 13.8 Å². The Kier molecular flexibility index (Phi) is 3.12. The number of nitrogens with one attached hydrogen (secondary N) is 1. The van der Waals surface area contributed by atoms with E-state index >= 15 is 0 Å². The van der Waals surface area contributed by atoms with Gasteiger partial charge < -0.3 is 10.1 Å². The average Bonchev–Trinajstić information content (AvgIpc) is 2.91. The molecular formula is C12H21NO. The van der Waals surface area contributed by atoms with Gasteiger partial charge in [0.15, 0.2) is 0 Å². The predicted molar refractivity (Wildman–Crippen MR) is 58.0 cm³/mol. The van der Waals surface area contributed by atoms with Crippen LogP contribution in [0.25, 0.3) is 0 Å². The van der Waals surface area contributed by atoms with Crippen LogP contribution in [0.2, 0.25) is 0 Å². The van der Waals surface area contributed by atoms with Crippen molar-refractivity contribution in [1.29, 1.82) is 0 Å². The van der Waals surface area contributed by atoms with E-state index < -0.39 is 0 Å². The van der Waals surface area contributed by atoms with Crippen LogP contribution in [0.15, 0.2) is 11.8 Å². The fourth-order valence-electron chi connectivity index (χ4n) is 2.31. The smallest absolute Gasteiger partial charge is 0.109 e. The van der Waals surface area contributed by atoms with E-state index in [1.54, 1.807) is 0 Å². The first kappa shape index (κ1) is 10.0. The third kappa shape index (κ3) is 2.11. The van der Waals surface area contributed by atoms with Crippen molar-refractivity contribution in [2.24, 2.45) is 11.8 Å². The molecule has 2 aliphatic rings. The molecule has 0 radical (unpaired) electrons. The molecule has 0 aromatic rings. The summed E-state index contributed by atoms with van der Waals surface area (Å²) < 4.78 is 5.67. The summed E-state index contributed by atoms with van der Waals surface area (Å²) >= 11 is 0. The minimum atomic E-state index is 0.468. The Labute approximate surface area is 86.7 Å². The third-order valence-electron chi connectivity index (χ3n) is 3.35. The standard InChI is InChI=1S/C12H21NO/c1-3-13-12(9(2)10-6-7-10)11-5-4-8-14-11/h5,9-10,12-13H,3-4,6-8H2,1-2H3. The van der Waals surface area contributed by atoms with E-state index in [2.05, 4.69) is 25.2 Å². The molecule has 2 unspecified atom stereocenters. The maximum absolute atomic E-state index is 5.67. The van der Waals surface area contributed by atoms with E-state index in [4.69, 9.17) is 4.74 Å². The van der Waals surface area contributed by atoms with Crippen molar-refractivity contribution in [3.63, 3.8) is 0 Å². The Morgan fingerprint density at radius 3 is 2.86 bits per heavy atom. The van der Waals surface area contributed by atoms with Gasteiger partial charge in [0.1, 0.15) is 5.76 Å². The lowest BCUT2D eigenvalue weighted by Gasteiger charge is -2.25. The minimum absolute atomic E-state index is 0.468. The van der Waals surface area contributed by atoms with Crippen LogP contribution in [0.3, 0.4) is 0 Å². The number of rotatable bonds is 5. The van der Waals surface area contributed by atoms with Gasteiger partial charge in [-0.3, -0.25) is 0 Å². The maximum atomic E-state index is 5.67. The second kappa shape index (κ2) is 4.35. The van der Waals surface area contributed by atoms with Gasteiger partial charge in [-0.25, -0.2) is 0 Å². The maximum Gasteiger partial charge on any atom is 0.109 e. The quantitative estimate of drug-likeness (QED) is 0.727. The lowest BCUT2D eigenvalue weighted by molar-refractivity contribution is 0.191. The molecule has 14 heavy (non-hydrogen) atoms. The van der Waals surface area contributed by atoms with Gasteiger partial charge in [0.25, 0.3) is 0 Å². The molecule has 0 bridgehead atoms. The summed E-state index contributed by atoms with van der Waals surface area (Å²) in [5, 5.41) is 3.55. The minimum Gasteiger partial charge on any atom is -0.496 e. The van der Waals surface area contributed by atoms with Crippen molar-refractivity contribution in [2.45, 2.75) is 39.2 Å². The Bertz CT molecular complexity index is 220. The summed E-state index contributed by atoms with van der Waals surface area (Å²) in [6, 6.07) is 0.468. The molecule has 0 saturated heterocycles. The lowest BCUT2D eigenvalue weighted by Crippen LogP contribution is -2.37. The highest BCUT2D eigenvalue weighted by atomic mass is 16.5. The molecule has 1 heterocycles. The predicted octanol–water partition coefficient (Wildman–Crippen LogP) is 2.31. The summed E-state index contributed by atoms with van der Waals surface area (Å²) in [6.07, 6.45) is 6.17. The number of hydrogen-bond acceptors (Lipinski definition) is 2. The van der Waals surface area contributed by atoms with Crippen LogP contribution in [0.1, 0.15) is 33.1 Å². The first-order valence-electron chi connectivity index (χ1n) is 5.89. The highest BCUT2D eigenvalue weighted by molar-refractivity contribution is 5.10. The highest BCUT2D eigenvalue weighted by Gasteiger charge is 2.35. The second-order valence-corrected chi connectivity index (χ2v) is 4.48. The molecule has 2 nitrogen and oxygen atoms in total. The normalized spacial score (nSPS) is 25.4. The Hall–Kier alpha value is -0.500. The molecule has 80 valence electrons. The van der Waals surface area contributed by atoms with Gasteiger partial charge in [-0.2, -0.15) is 0 Å². The molecular weight excluding hydrogens is 174 g/mol. The summed E-state index contributed by atoms with van der Waals surface area (Å²) in [5.74, 6) is 2.87. The van der Waals surface area contributed by atoms with Crippen molar-refractivity contribution < 1.29 is 4.74 Å². The van der Waals surface area contributed by atoms with E-state index in [1.807, 2.05) is 0 Å². The van der Waals surface area contributed by atoms with Gasteiger partial charge in [-0.05, 0) is 37.3 Å². The van der Waals surface area contributed by atoms with E-state index in [0.29, 0.717) is 6.04 Å². The fraction of sp³-hybridized carbons (Fsp3) is 0.833. The van der Waals surface area contributed by atoms with Crippen LogP contribution >= 0.6 is 0 Å². The molecule has 0 aromatic carbocycles. The average molecular weight is 195 g/mol. The summed E-state index contributed by atoms with van der Waals surface area (Å²) in [5.41, 5.74) is 0. The molecule has 2 atom stereocenters. The first-order chi connectivity index (χ1) is 6.83. The van der Waals surface area contributed by atoms with Gasteiger partial charge in [0.2, 0.25) is 0 Å². The molecule has 0 spiro atoms. The van der Waals surface area contributed by atoms with Crippen LogP contribution in [-0.4, -0.2) is 19.2 Å². The van der Waals surface area contributed by atoms with Crippen LogP contribution < -0.4 is 5.32 Å². The van der Waals surface area contributed by atoms with E-state index in [1.165, 1.54) is 18.6 Å². The first-order valence-corrected chi connectivity index (χ1v) is 5.89. The Morgan fingerprint density at radius 2 is 2.36 bits per heavy atom. The lowest BCUT2D eigenvalue weighted by atomic mass is 9.95. The SMILES string of the molecule is CCNC(C1=CCCO1)C(C)C1CC1. The molecule has 2 heteroatoms. The van der Waals surface area contributed by atoms with Crippen LogP contribution in [0.5, 0.6) is 0 Å². The zero-order valence-electron chi connectivity index (χ0n) is 9.25. The number of ether oxygens (including phenoxy) is 1. The fourth-order valence-corrected chi connectivity index (χ4v) is 2.31. The van der Waals surface area contributed by atoms with Crippen molar-refractivity contribution in [3.8, 4) is 0 Å². The Morgan fingerprint density at radius 1 is 1.57 bits per heavy atom. The Balaban J connectivity index is 1.97. The molecule has 1 saturated carbocycles. The number of hydrogen-bond donors (Lipinski definition) is 1. The van der Waals surface area contributed by atoms with Crippen molar-refractivity contribution in [3.05, 3.63) is 11.8 Å². The van der Waals surface area contributed by atoms with Crippen molar-refractivity contribution >= 4 is 0 Å². The van der Waals surface area contributed by atoms with Gasteiger partial charge in [0, 0.05) is 6.42 Å². The molecule has 0 amide bonds. The third-order valence-corrected chi connectivity index (χ3v) is 3.35. The monoisotopic (exact) mass is 195 g/mol. The van der Waals surface area contributed by atoms with E-state index in [9.17, 15) is 0 Å². The topological polar surface area (TPSA) is 21.3 Å². The molecule has 0 aromatic heterocycles. The second-order valence-electron chi connectivity index (χ2n) is 4.48.